The average molecular weight is 405 g/mol. The van der Waals surface area contributed by atoms with Gasteiger partial charge in [0.15, 0.2) is 5.82 Å². The number of piperazine rings is 1. The maximum absolute atomic E-state index is 14.6. The molecule has 0 spiro atoms. The van der Waals surface area contributed by atoms with Gasteiger partial charge in [0.05, 0.1) is 17.6 Å². The second kappa shape index (κ2) is 7.58. The van der Waals surface area contributed by atoms with Crippen molar-refractivity contribution in [2.24, 2.45) is 0 Å². The van der Waals surface area contributed by atoms with Crippen LogP contribution in [0.5, 0.6) is 0 Å². The molecule has 0 bridgehead atoms. The zero-order valence-electron chi connectivity index (χ0n) is 17.0. The van der Waals surface area contributed by atoms with Gasteiger partial charge >= 0.3 is 0 Å². The fourth-order valence-electron chi connectivity index (χ4n) is 4.57. The zero-order chi connectivity index (χ0) is 20.7. The normalized spacial score (nSPS) is 19.0. The molecule has 5 heterocycles. The SMILES string of the molecule is CC[C@H]1CN(c2ccc(C#N)n3ncc(F)c23)Cc2ccc(N3CCNCC3)nc21. The first-order chi connectivity index (χ1) is 14.7. The van der Waals surface area contributed by atoms with Crippen LogP contribution in [0.2, 0.25) is 0 Å². The Balaban J connectivity index is 1.52. The topological polar surface area (TPSA) is 72.5 Å². The Kier molecular flexibility index (Phi) is 4.75. The number of nitrogens with zero attached hydrogens (tertiary/aromatic N) is 6. The van der Waals surface area contributed by atoms with Crippen LogP contribution in [0.3, 0.4) is 0 Å². The number of hydrogen-bond donors (Lipinski definition) is 1. The first-order valence-corrected chi connectivity index (χ1v) is 10.5. The summed E-state index contributed by atoms with van der Waals surface area (Å²) >= 11 is 0. The van der Waals surface area contributed by atoms with Crippen molar-refractivity contribution < 1.29 is 4.39 Å². The molecule has 1 fully saturated rings. The Morgan fingerprint density at radius 2 is 2.03 bits per heavy atom. The van der Waals surface area contributed by atoms with E-state index in [-0.39, 0.29) is 5.92 Å². The van der Waals surface area contributed by atoms with Gasteiger partial charge < -0.3 is 15.1 Å². The van der Waals surface area contributed by atoms with Crippen LogP contribution in [0.4, 0.5) is 15.9 Å². The molecule has 30 heavy (non-hydrogen) atoms. The first kappa shape index (κ1) is 18.8. The number of pyridine rings is 2. The van der Waals surface area contributed by atoms with Gasteiger partial charge in [0.1, 0.15) is 23.1 Å². The van der Waals surface area contributed by atoms with Gasteiger partial charge in [-0.2, -0.15) is 10.4 Å². The zero-order valence-corrected chi connectivity index (χ0v) is 17.0. The fraction of sp³-hybridized carbons (Fsp3) is 0.409. The van der Waals surface area contributed by atoms with Crippen LogP contribution in [0.15, 0.2) is 30.5 Å². The van der Waals surface area contributed by atoms with Crippen molar-refractivity contribution in [2.45, 2.75) is 25.8 Å². The van der Waals surface area contributed by atoms with Crippen molar-refractivity contribution in [3.8, 4) is 6.07 Å². The number of anilines is 2. The summed E-state index contributed by atoms with van der Waals surface area (Å²) in [4.78, 5) is 9.57. The lowest BCUT2D eigenvalue weighted by Gasteiger charge is -2.36. The summed E-state index contributed by atoms with van der Waals surface area (Å²) in [7, 11) is 0. The minimum atomic E-state index is -0.409. The van der Waals surface area contributed by atoms with Crippen molar-refractivity contribution in [3.63, 3.8) is 0 Å². The highest BCUT2D eigenvalue weighted by atomic mass is 19.1. The molecular formula is C22H24FN7. The number of aromatic nitrogens is 3. The van der Waals surface area contributed by atoms with Crippen LogP contribution in [0.1, 0.15) is 36.2 Å². The molecule has 2 aliphatic heterocycles. The second-order valence-electron chi connectivity index (χ2n) is 7.91. The predicted molar refractivity (Wildman–Crippen MR) is 113 cm³/mol. The molecule has 1 saturated heterocycles. The van der Waals surface area contributed by atoms with Gasteiger partial charge in [-0.25, -0.2) is 13.9 Å². The maximum Gasteiger partial charge on any atom is 0.171 e. The molecule has 3 aromatic heterocycles. The minimum absolute atomic E-state index is 0.262. The third-order valence-corrected chi connectivity index (χ3v) is 6.17. The molecule has 2 aliphatic rings. The second-order valence-corrected chi connectivity index (χ2v) is 7.91. The Morgan fingerprint density at radius 3 is 2.80 bits per heavy atom. The molecule has 8 heteroatoms. The van der Waals surface area contributed by atoms with Crippen molar-refractivity contribution in [1.82, 2.24) is 19.9 Å². The fourth-order valence-corrected chi connectivity index (χ4v) is 4.57. The number of rotatable bonds is 3. The molecule has 7 nitrogen and oxygen atoms in total. The number of fused-ring (bicyclic) bond motifs is 2. The van der Waals surface area contributed by atoms with Crippen LogP contribution in [0.25, 0.3) is 5.52 Å². The Labute approximate surface area is 174 Å². The van der Waals surface area contributed by atoms with Crippen LogP contribution >= 0.6 is 0 Å². The highest BCUT2D eigenvalue weighted by molar-refractivity contribution is 5.75. The van der Waals surface area contributed by atoms with E-state index in [1.807, 2.05) is 6.07 Å². The lowest BCUT2D eigenvalue weighted by Crippen LogP contribution is -2.44. The van der Waals surface area contributed by atoms with Crippen LogP contribution in [0, 0.1) is 17.1 Å². The number of halogens is 1. The molecule has 1 atom stereocenters. The molecular weight excluding hydrogens is 381 g/mol. The molecule has 5 rings (SSSR count). The summed E-state index contributed by atoms with van der Waals surface area (Å²) in [5.74, 6) is 0.899. The highest BCUT2D eigenvalue weighted by Gasteiger charge is 2.29. The highest BCUT2D eigenvalue weighted by Crippen LogP contribution is 2.36. The average Bonchev–Trinajstić information content (AvgIpc) is 3.19. The molecule has 0 saturated carbocycles. The summed E-state index contributed by atoms with van der Waals surface area (Å²) in [5.41, 5.74) is 3.78. The molecule has 154 valence electrons. The van der Waals surface area contributed by atoms with Crippen molar-refractivity contribution in [3.05, 3.63) is 53.2 Å². The minimum Gasteiger partial charge on any atom is -0.365 e. The molecule has 1 N–H and O–H groups in total. The summed E-state index contributed by atoms with van der Waals surface area (Å²) in [6.07, 6.45) is 2.13. The lowest BCUT2D eigenvalue weighted by molar-refractivity contribution is 0.558. The van der Waals surface area contributed by atoms with Gasteiger partial charge in [-0.15, -0.1) is 0 Å². The van der Waals surface area contributed by atoms with E-state index >= 15 is 0 Å². The van der Waals surface area contributed by atoms with E-state index in [1.54, 1.807) is 6.07 Å². The predicted octanol–water partition coefficient (Wildman–Crippen LogP) is 2.66. The lowest BCUT2D eigenvalue weighted by atomic mass is 9.92. The largest absolute Gasteiger partial charge is 0.365 e. The first-order valence-electron chi connectivity index (χ1n) is 10.5. The van der Waals surface area contributed by atoms with E-state index < -0.39 is 5.82 Å². The van der Waals surface area contributed by atoms with E-state index in [4.69, 9.17) is 4.98 Å². The molecule has 0 radical (unpaired) electrons. The standard InChI is InChI=1S/C22H24FN7/c1-2-15-13-29(19-5-4-17(11-24)30-22(19)18(23)12-26-30)14-16-3-6-20(27-21(15)16)28-9-7-25-8-10-28/h3-6,12,15,25H,2,7-10,13-14H2,1H3/t15-/m0/s1. The van der Waals surface area contributed by atoms with Gasteiger partial charge in [0.25, 0.3) is 0 Å². The Hall–Kier alpha value is -3.18. The third kappa shape index (κ3) is 3.06. The van der Waals surface area contributed by atoms with Crippen LogP contribution in [-0.2, 0) is 6.54 Å². The van der Waals surface area contributed by atoms with Crippen molar-refractivity contribution >= 4 is 17.0 Å². The van der Waals surface area contributed by atoms with Crippen LogP contribution in [-0.4, -0.2) is 47.3 Å². The van der Waals surface area contributed by atoms with E-state index in [9.17, 15) is 9.65 Å². The number of hydrogen-bond acceptors (Lipinski definition) is 6. The van der Waals surface area contributed by atoms with E-state index in [1.165, 1.54) is 16.3 Å². The van der Waals surface area contributed by atoms with Gasteiger partial charge in [-0.3, -0.25) is 0 Å². The summed E-state index contributed by atoms with van der Waals surface area (Å²) < 4.78 is 16.0. The van der Waals surface area contributed by atoms with Crippen LogP contribution < -0.4 is 15.1 Å². The molecule has 0 amide bonds. The molecule has 0 aromatic carbocycles. The summed E-state index contributed by atoms with van der Waals surface area (Å²) in [6.45, 7) is 7.49. The summed E-state index contributed by atoms with van der Waals surface area (Å²) in [5, 5.41) is 16.8. The van der Waals surface area contributed by atoms with E-state index in [0.717, 1.165) is 56.3 Å². The smallest absolute Gasteiger partial charge is 0.171 e. The summed E-state index contributed by atoms with van der Waals surface area (Å²) in [6, 6.07) is 9.89. The maximum atomic E-state index is 14.6. The molecule has 0 aliphatic carbocycles. The van der Waals surface area contributed by atoms with Gasteiger partial charge in [0, 0.05) is 45.2 Å². The Morgan fingerprint density at radius 1 is 1.20 bits per heavy atom. The van der Waals surface area contributed by atoms with Crippen molar-refractivity contribution in [2.75, 3.05) is 42.5 Å². The van der Waals surface area contributed by atoms with E-state index in [2.05, 4.69) is 45.3 Å². The number of nitriles is 1. The van der Waals surface area contributed by atoms with Gasteiger partial charge in [0.2, 0.25) is 0 Å². The van der Waals surface area contributed by atoms with Gasteiger partial charge in [-0.1, -0.05) is 13.0 Å². The number of nitrogens with one attached hydrogen (secondary N) is 1. The van der Waals surface area contributed by atoms with E-state index in [0.29, 0.717) is 17.8 Å². The van der Waals surface area contributed by atoms with Gasteiger partial charge in [-0.05, 0) is 30.2 Å². The quantitative estimate of drug-likeness (QED) is 0.722. The Bertz CT molecular complexity index is 1130. The molecule has 0 unspecified atom stereocenters. The third-order valence-electron chi connectivity index (χ3n) is 6.17. The van der Waals surface area contributed by atoms with Crippen molar-refractivity contribution in [1.29, 1.82) is 5.26 Å². The monoisotopic (exact) mass is 405 g/mol. The molecule has 3 aromatic rings.